The van der Waals surface area contributed by atoms with Crippen LogP contribution in [0.1, 0.15) is 42.5 Å². The van der Waals surface area contributed by atoms with Crippen LogP contribution < -0.4 is 5.32 Å². The van der Waals surface area contributed by atoms with Gasteiger partial charge < -0.3 is 14.7 Å². The molecule has 2 N–H and O–H groups in total. The highest BCUT2D eigenvalue weighted by Crippen LogP contribution is 2.32. The largest absolute Gasteiger partial charge is 0.472 e. The first-order valence-corrected chi connectivity index (χ1v) is 10.2. The van der Waals surface area contributed by atoms with E-state index in [-0.39, 0.29) is 11.9 Å². The molecule has 4 aromatic rings. The van der Waals surface area contributed by atoms with Crippen LogP contribution in [0.3, 0.4) is 0 Å². The second kappa shape index (κ2) is 7.59. The third-order valence-corrected chi connectivity index (χ3v) is 5.79. The second-order valence-corrected chi connectivity index (χ2v) is 7.69. The van der Waals surface area contributed by atoms with Crippen molar-refractivity contribution in [3.05, 3.63) is 66.9 Å². The third-order valence-electron chi connectivity index (χ3n) is 5.79. The summed E-state index contributed by atoms with van der Waals surface area (Å²) in [5, 5.41) is 4.24. The van der Waals surface area contributed by atoms with E-state index in [1.807, 2.05) is 42.7 Å². The minimum absolute atomic E-state index is 0.00303. The predicted molar refractivity (Wildman–Crippen MR) is 114 cm³/mol. The van der Waals surface area contributed by atoms with E-state index in [0.29, 0.717) is 5.56 Å². The Morgan fingerprint density at radius 2 is 1.93 bits per heavy atom. The first kappa shape index (κ1) is 17.7. The van der Waals surface area contributed by atoms with E-state index in [2.05, 4.69) is 21.4 Å². The Bertz CT molecular complexity index is 1140. The van der Waals surface area contributed by atoms with Crippen molar-refractivity contribution in [3.8, 4) is 22.3 Å². The zero-order chi connectivity index (χ0) is 19.6. The number of hydrogen-bond acceptors (Lipinski definition) is 3. The Morgan fingerprint density at radius 1 is 1.07 bits per heavy atom. The molecule has 1 aliphatic carbocycles. The van der Waals surface area contributed by atoms with Gasteiger partial charge in [0.1, 0.15) is 5.65 Å². The summed E-state index contributed by atoms with van der Waals surface area (Å²) in [6.07, 6.45) is 12.9. The average molecular weight is 385 g/mol. The van der Waals surface area contributed by atoms with Crippen molar-refractivity contribution in [2.45, 2.75) is 38.1 Å². The van der Waals surface area contributed by atoms with Gasteiger partial charge in [-0.2, -0.15) is 0 Å². The van der Waals surface area contributed by atoms with E-state index in [9.17, 15) is 4.79 Å². The number of nitrogens with one attached hydrogen (secondary N) is 2. The Morgan fingerprint density at radius 3 is 2.76 bits per heavy atom. The molecule has 0 atom stereocenters. The number of aromatic amines is 1. The Hall–Kier alpha value is -3.34. The van der Waals surface area contributed by atoms with Crippen molar-refractivity contribution in [1.29, 1.82) is 0 Å². The van der Waals surface area contributed by atoms with Gasteiger partial charge in [-0.15, -0.1) is 0 Å². The van der Waals surface area contributed by atoms with E-state index >= 15 is 0 Å². The highest BCUT2D eigenvalue weighted by atomic mass is 16.3. The molecule has 0 unspecified atom stereocenters. The van der Waals surface area contributed by atoms with Gasteiger partial charge in [0, 0.05) is 46.1 Å². The molecule has 1 aliphatic rings. The lowest BCUT2D eigenvalue weighted by Gasteiger charge is -2.23. The second-order valence-electron chi connectivity index (χ2n) is 7.69. The first-order chi connectivity index (χ1) is 14.3. The maximum Gasteiger partial charge on any atom is 0.252 e. The number of aromatic nitrogens is 2. The fourth-order valence-corrected chi connectivity index (χ4v) is 4.25. The monoisotopic (exact) mass is 385 g/mol. The number of nitrogens with zero attached hydrogens (tertiary/aromatic N) is 1. The highest BCUT2D eigenvalue weighted by Gasteiger charge is 2.19. The van der Waals surface area contributed by atoms with Crippen LogP contribution in [0.2, 0.25) is 0 Å². The summed E-state index contributed by atoms with van der Waals surface area (Å²) in [6, 6.07) is 12.1. The Labute approximate surface area is 169 Å². The summed E-state index contributed by atoms with van der Waals surface area (Å²) in [5.74, 6) is -0.00303. The molecule has 29 heavy (non-hydrogen) atoms. The third kappa shape index (κ3) is 3.44. The molecule has 1 amide bonds. The molecular weight excluding hydrogens is 362 g/mol. The molecule has 0 aliphatic heterocycles. The van der Waals surface area contributed by atoms with Gasteiger partial charge in [-0.05, 0) is 36.6 Å². The fourth-order valence-electron chi connectivity index (χ4n) is 4.25. The minimum Gasteiger partial charge on any atom is -0.472 e. The SMILES string of the molecule is O=C(NC1CCCCC1)c1ccccc1-c1cnc2[nH]cc(-c3ccoc3)c2c1. The molecule has 3 heterocycles. The zero-order valence-electron chi connectivity index (χ0n) is 16.2. The molecule has 5 heteroatoms. The summed E-state index contributed by atoms with van der Waals surface area (Å²) in [7, 11) is 0. The van der Waals surface area contributed by atoms with Gasteiger partial charge in [0.15, 0.2) is 0 Å². The minimum atomic E-state index is -0.00303. The average Bonchev–Trinajstić information content (AvgIpc) is 3.43. The first-order valence-electron chi connectivity index (χ1n) is 10.2. The summed E-state index contributed by atoms with van der Waals surface area (Å²) in [6.45, 7) is 0. The van der Waals surface area contributed by atoms with Crippen LogP contribution in [0.25, 0.3) is 33.3 Å². The number of benzene rings is 1. The number of carbonyl (C=O) groups excluding carboxylic acids is 1. The lowest BCUT2D eigenvalue weighted by atomic mass is 9.94. The number of H-pyrrole nitrogens is 1. The summed E-state index contributed by atoms with van der Waals surface area (Å²) < 4.78 is 5.24. The molecule has 5 rings (SSSR count). The molecule has 0 saturated heterocycles. The van der Waals surface area contributed by atoms with Crippen LogP contribution in [0, 0.1) is 0 Å². The van der Waals surface area contributed by atoms with Crippen molar-refractivity contribution < 1.29 is 9.21 Å². The van der Waals surface area contributed by atoms with Gasteiger partial charge >= 0.3 is 0 Å². The van der Waals surface area contributed by atoms with E-state index in [1.54, 1.807) is 12.5 Å². The van der Waals surface area contributed by atoms with Crippen LogP contribution in [0.5, 0.6) is 0 Å². The van der Waals surface area contributed by atoms with E-state index in [4.69, 9.17) is 4.42 Å². The maximum absolute atomic E-state index is 13.0. The molecule has 0 spiro atoms. The van der Waals surface area contributed by atoms with Crippen LogP contribution in [-0.2, 0) is 0 Å². The van der Waals surface area contributed by atoms with Gasteiger partial charge in [-0.1, -0.05) is 37.5 Å². The fraction of sp³-hybridized carbons (Fsp3) is 0.250. The van der Waals surface area contributed by atoms with Crippen molar-refractivity contribution in [2.24, 2.45) is 0 Å². The lowest BCUT2D eigenvalue weighted by Crippen LogP contribution is -2.36. The highest BCUT2D eigenvalue weighted by molar-refractivity contribution is 6.02. The topological polar surface area (TPSA) is 70.9 Å². The van der Waals surface area contributed by atoms with Crippen molar-refractivity contribution in [3.63, 3.8) is 0 Å². The van der Waals surface area contributed by atoms with Crippen molar-refractivity contribution >= 4 is 16.9 Å². The molecule has 3 aromatic heterocycles. The normalized spacial score (nSPS) is 14.9. The number of carbonyl (C=O) groups is 1. The molecule has 5 nitrogen and oxygen atoms in total. The number of pyridine rings is 1. The van der Waals surface area contributed by atoms with Gasteiger partial charge in [-0.3, -0.25) is 4.79 Å². The van der Waals surface area contributed by atoms with Crippen LogP contribution >= 0.6 is 0 Å². The molecule has 1 fully saturated rings. The lowest BCUT2D eigenvalue weighted by molar-refractivity contribution is 0.0928. The summed E-state index contributed by atoms with van der Waals surface area (Å²) in [5.41, 5.74) is 5.37. The molecule has 0 radical (unpaired) electrons. The van der Waals surface area contributed by atoms with E-state index < -0.39 is 0 Å². The Balaban J connectivity index is 1.52. The maximum atomic E-state index is 13.0. The van der Waals surface area contributed by atoms with E-state index in [1.165, 1.54) is 19.3 Å². The zero-order valence-corrected chi connectivity index (χ0v) is 16.2. The smallest absolute Gasteiger partial charge is 0.252 e. The number of amides is 1. The standard InChI is InChI=1S/C24H23N3O2/c28-24(27-18-6-2-1-3-7-18)20-9-5-4-8-19(20)17-12-21-22(16-10-11-29-15-16)14-26-23(21)25-13-17/h4-5,8-15,18H,1-3,6-7H2,(H,25,26)(H,27,28). The number of fused-ring (bicyclic) bond motifs is 1. The molecule has 1 saturated carbocycles. The molecule has 0 bridgehead atoms. The number of rotatable bonds is 4. The molecular formula is C24H23N3O2. The quantitative estimate of drug-likeness (QED) is 0.484. The van der Waals surface area contributed by atoms with Crippen molar-refractivity contribution in [2.75, 3.05) is 0 Å². The van der Waals surface area contributed by atoms with Gasteiger partial charge in [0.05, 0.1) is 12.5 Å². The molecule has 146 valence electrons. The van der Waals surface area contributed by atoms with Crippen LogP contribution in [0.15, 0.2) is 65.7 Å². The summed E-state index contributed by atoms with van der Waals surface area (Å²) >= 11 is 0. The molecule has 1 aromatic carbocycles. The van der Waals surface area contributed by atoms with Gasteiger partial charge in [0.25, 0.3) is 5.91 Å². The van der Waals surface area contributed by atoms with Gasteiger partial charge in [-0.25, -0.2) is 4.98 Å². The number of hydrogen-bond donors (Lipinski definition) is 2. The van der Waals surface area contributed by atoms with Crippen LogP contribution in [0.4, 0.5) is 0 Å². The van der Waals surface area contributed by atoms with E-state index in [0.717, 1.165) is 46.1 Å². The Kier molecular flexibility index (Phi) is 4.64. The predicted octanol–water partition coefficient (Wildman–Crippen LogP) is 5.55. The van der Waals surface area contributed by atoms with Crippen molar-refractivity contribution in [1.82, 2.24) is 15.3 Å². The number of furan rings is 1. The van der Waals surface area contributed by atoms with Gasteiger partial charge in [0.2, 0.25) is 0 Å². The van der Waals surface area contributed by atoms with Crippen LogP contribution in [-0.4, -0.2) is 21.9 Å². The summed E-state index contributed by atoms with van der Waals surface area (Å²) in [4.78, 5) is 20.8.